The predicted molar refractivity (Wildman–Crippen MR) is 194 cm³/mol. The Kier molecular flexibility index (Phi) is 11.3. The first-order valence-corrected chi connectivity index (χ1v) is 18.4. The maximum atomic E-state index is 11.6. The zero-order chi connectivity index (χ0) is 39.0. The molecule has 55 heavy (non-hydrogen) atoms. The Bertz CT molecular complexity index is 2020. The number of fused-ring (bicyclic) bond motifs is 2. The number of aliphatic carboxylic acids is 1. The van der Waals surface area contributed by atoms with Gasteiger partial charge < -0.3 is 53.8 Å². The third-order valence-corrected chi connectivity index (χ3v) is 10.7. The van der Waals surface area contributed by atoms with Gasteiger partial charge in [-0.15, -0.1) is 0 Å². The van der Waals surface area contributed by atoms with Crippen molar-refractivity contribution >= 4 is 34.6 Å². The summed E-state index contributed by atoms with van der Waals surface area (Å²) < 4.78 is 29.9. The second kappa shape index (κ2) is 16.0. The summed E-state index contributed by atoms with van der Waals surface area (Å²) in [5.74, 6) is -0.558. The number of para-hydroxylation sites is 1. The number of carboxylic acid groups (broad SMARTS) is 2. The second-order valence-corrected chi connectivity index (χ2v) is 14.6. The molecule has 3 fully saturated rings. The van der Waals surface area contributed by atoms with Gasteiger partial charge in [0.2, 0.25) is 0 Å². The lowest BCUT2D eigenvalue weighted by Gasteiger charge is -2.37. The minimum atomic E-state index is -1.67. The topological polar surface area (TPSA) is 215 Å². The molecule has 5 N–H and O–H groups in total. The summed E-state index contributed by atoms with van der Waals surface area (Å²) in [6, 6.07) is 14.9. The fraction of sp³-hybridized carbons (Fsp3) is 0.474. The van der Waals surface area contributed by atoms with E-state index < -0.39 is 48.4 Å². The third-order valence-electron chi connectivity index (χ3n) is 10.5. The lowest BCUT2D eigenvalue weighted by molar-refractivity contribution is -0.287. The van der Waals surface area contributed by atoms with Crippen LogP contribution in [0, 0.1) is 0 Å². The molecule has 16 nitrogen and oxygen atoms in total. The number of aromatic carboxylic acids is 1. The summed E-state index contributed by atoms with van der Waals surface area (Å²) in [7, 11) is 1.19. The summed E-state index contributed by atoms with van der Waals surface area (Å²) in [5.41, 5.74) is 3.76. The van der Waals surface area contributed by atoms with Crippen molar-refractivity contribution in [1.29, 1.82) is 0 Å². The number of likely N-dealkylation sites (tertiary alicyclic amines) is 1. The summed E-state index contributed by atoms with van der Waals surface area (Å²) in [6.45, 7) is 5.86. The van der Waals surface area contributed by atoms with Gasteiger partial charge in [-0.3, -0.25) is 9.88 Å². The van der Waals surface area contributed by atoms with E-state index in [2.05, 4.69) is 25.3 Å². The number of aliphatic hydroxyl groups excluding tert-OH is 3. The molecule has 6 heterocycles. The van der Waals surface area contributed by atoms with Crippen LogP contribution < -0.4 is 9.47 Å². The van der Waals surface area contributed by atoms with E-state index in [1.165, 1.54) is 7.11 Å². The summed E-state index contributed by atoms with van der Waals surface area (Å²) in [5, 5.41) is 46.4. The van der Waals surface area contributed by atoms with Gasteiger partial charge in [-0.1, -0.05) is 23.7 Å². The molecule has 2 aromatic carbocycles. The van der Waals surface area contributed by atoms with Crippen LogP contribution in [0.3, 0.4) is 0 Å². The zero-order valence-electron chi connectivity index (χ0n) is 30.2. The lowest BCUT2D eigenvalue weighted by atomic mass is 9.88. The SMILES string of the molecule is CO[C@@H]1O[C@H](C(=O)O)[C@@H](O)[C@H](O)[C@H]1O.C[C@]1(c2ccc(Cl)cn2)Oc2cccc(C3CCN(Cc4nc5ccc(C(=O)O)cc5n4C[C@@H]4CCO4)CC3)c2O1. The monoisotopic (exact) mass is 782 g/mol. The summed E-state index contributed by atoms with van der Waals surface area (Å²) in [6.07, 6.45) is -2.89. The van der Waals surface area contributed by atoms with Gasteiger partial charge in [-0.05, 0) is 74.7 Å². The number of ether oxygens (including phenoxy) is 5. The molecular weight excluding hydrogens is 740 g/mol. The van der Waals surface area contributed by atoms with Gasteiger partial charge in [0.05, 0.1) is 40.8 Å². The first-order valence-electron chi connectivity index (χ1n) is 18.0. The molecular formula is C38H43ClN4O12. The van der Waals surface area contributed by atoms with Crippen LogP contribution in [-0.4, -0.2) is 121 Å². The van der Waals surface area contributed by atoms with Gasteiger partial charge >= 0.3 is 11.9 Å². The van der Waals surface area contributed by atoms with E-state index in [1.54, 1.807) is 30.5 Å². The van der Waals surface area contributed by atoms with E-state index in [1.807, 2.05) is 25.1 Å². The number of carbonyl (C=O) groups is 2. The Labute approximate surface area is 320 Å². The Morgan fingerprint density at radius 3 is 2.40 bits per heavy atom. The van der Waals surface area contributed by atoms with Crippen molar-refractivity contribution in [2.45, 2.75) is 87.8 Å². The highest BCUT2D eigenvalue weighted by Gasteiger charge is 2.47. The van der Waals surface area contributed by atoms with Crippen LogP contribution >= 0.6 is 11.6 Å². The zero-order valence-corrected chi connectivity index (χ0v) is 30.9. The molecule has 0 amide bonds. The van der Waals surface area contributed by atoms with E-state index in [0.717, 1.165) is 72.9 Å². The number of piperidine rings is 1. The molecule has 17 heteroatoms. The molecule has 0 aliphatic carbocycles. The highest BCUT2D eigenvalue weighted by atomic mass is 35.5. The normalized spacial score (nSPS) is 28.0. The Balaban J connectivity index is 0.000000282. The van der Waals surface area contributed by atoms with Crippen molar-refractivity contribution in [1.82, 2.24) is 19.4 Å². The number of aromatic nitrogens is 3. The molecule has 294 valence electrons. The van der Waals surface area contributed by atoms with Crippen molar-refractivity contribution in [3.8, 4) is 11.5 Å². The Morgan fingerprint density at radius 1 is 1.00 bits per heavy atom. The van der Waals surface area contributed by atoms with Crippen molar-refractivity contribution in [3.05, 3.63) is 82.4 Å². The van der Waals surface area contributed by atoms with Gasteiger partial charge in [-0.25, -0.2) is 14.6 Å². The standard InChI is InChI=1S/C31H31ClN4O5.C7H12O7/c1-31(27-8-6-21(32)16-33-27)40-26-4-2-3-23(29(26)41-31)19-9-12-35(13-10-19)18-28-34-24-7-5-20(30(37)38)15-25(24)36(28)17-22-11-14-39-22;1-13-7-4(10)2(8)3(9)5(14-7)6(11)12/h2-8,15-16,19,22H,9-14,17-18H2,1H3,(H,37,38);2-5,7-10H,1H3,(H,11,12)/t22-,31-;2-,3-,4+,5-,7+/m00/s1. The lowest BCUT2D eigenvalue weighted by Crippen LogP contribution is -2.60. The van der Waals surface area contributed by atoms with Gasteiger partial charge in [0.25, 0.3) is 5.79 Å². The average molecular weight is 783 g/mol. The van der Waals surface area contributed by atoms with Gasteiger partial charge in [0.15, 0.2) is 23.9 Å². The molecule has 4 aliphatic heterocycles. The maximum Gasteiger partial charge on any atom is 0.335 e. The fourth-order valence-corrected chi connectivity index (χ4v) is 7.44. The number of hydrogen-bond acceptors (Lipinski definition) is 13. The van der Waals surface area contributed by atoms with Crippen LogP contribution in [0.25, 0.3) is 11.0 Å². The Hall–Kier alpha value is -4.39. The van der Waals surface area contributed by atoms with Crippen LogP contribution in [-0.2, 0) is 37.9 Å². The van der Waals surface area contributed by atoms with Gasteiger partial charge in [-0.2, -0.15) is 0 Å². The third kappa shape index (κ3) is 7.99. The highest BCUT2D eigenvalue weighted by Crippen LogP contribution is 2.49. The smallest absolute Gasteiger partial charge is 0.335 e. The maximum absolute atomic E-state index is 11.6. The van der Waals surface area contributed by atoms with Crippen LogP contribution in [0.2, 0.25) is 5.02 Å². The molecule has 8 rings (SSSR count). The predicted octanol–water partition coefficient (Wildman–Crippen LogP) is 3.12. The molecule has 0 radical (unpaired) electrons. The van der Waals surface area contributed by atoms with Crippen molar-refractivity contribution in [2.24, 2.45) is 0 Å². The molecule has 3 saturated heterocycles. The van der Waals surface area contributed by atoms with Gasteiger partial charge in [0, 0.05) is 32.4 Å². The number of halogens is 1. The van der Waals surface area contributed by atoms with Gasteiger partial charge in [0.1, 0.15) is 29.8 Å². The van der Waals surface area contributed by atoms with E-state index in [0.29, 0.717) is 29.7 Å². The first-order chi connectivity index (χ1) is 26.3. The number of imidazole rings is 1. The number of carboxylic acids is 2. The van der Waals surface area contributed by atoms with Crippen LogP contribution in [0.4, 0.5) is 0 Å². The van der Waals surface area contributed by atoms with Crippen molar-refractivity contribution < 1.29 is 58.8 Å². The summed E-state index contributed by atoms with van der Waals surface area (Å²) >= 11 is 6.04. The quantitative estimate of drug-likeness (QED) is 0.165. The molecule has 0 unspecified atom stereocenters. The number of rotatable bonds is 9. The van der Waals surface area contributed by atoms with Crippen molar-refractivity contribution in [2.75, 3.05) is 26.8 Å². The number of aliphatic hydroxyl groups is 3. The molecule has 7 atom stereocenters. The van der Waals surface area contributed by atoms with E-state index in [4.69, 9.17) is 40.6 Å². The molecule has 4 aliphatic rings. The Morgan fingerprint density at radius 2 is 1.76 bits per heavy atom. The van der Waals surface area contributed by atoms with E-state index >= 15 is 0 Å². The van der Waals surface area contributed by atoms with E-state index in [9.17, 15) is 30.0 Å². The second-order valence-electron chi connectivity index (χ2n) is 14.1. The summed E-state index contributed by atoms with van der Waals surface area (Å²) in [4.78, 5) is 33.9. The number of pyridine rings is 1. The molecule has 0 saturated carbocycles. The van der Waals surface area contributed by atoms with Crippen LogP contribution in [0.5, 0.6) is 11.5 Å². The molecule has 0 bridgehead atoms. The minimum absolute atomic E-state index is 0.140. The fourth-order valence-electron chi connectivity index (χ4n) is 7.33. The molecule has 2 aromatic heterocycles. The largest absolute Gasteiger partial charge is 0.479 e. The molecule has 0 spiro atoms. The average Bonchev–Trinajstić information content (AvgIpc) is 3.69. The van der Waals surface area contributed by atoms with Crippen LogP contribution in [0.1, 0.15) is 59.5 Å². The number of benzene rings is 2. The first kappa shape index (κ1) is 38.9. The minimum Gasteiger partial charge on any atom is -0.479 e. The van der Waals surface area contributed by atoms with Crippen LogP contribution in [0.15, 0.2) is 54.7 Å². The highest BCUT2D eigenvalue weighted by molar-refractivity contribution is 6.30. The van der Waals surface area contributed by atoms with E-state index in [-0.39, 0.29) is 11.7 Å². The number of methoxy groups -OCH3 is 1. The van der Waals surface area contributed by atoms with Crippen molar-refractivity contribution in [3.63, 3.8) is 0 Å². The molecule has 4 aromatic rings. The number of hydrogen-bond donors (Lipinski definition) is 5. The number of nitrogens with zero attached hydrogens (tertiary/aromatic N) is 4.